The molecule has 2 aliphatic heterocycles. The fraction of sp³-hybridized carbons (Fsp3) is 0.800. The number of hydrogen-bond donors (Lipinski definition) is 1. The van der Waals surface area contributed by atoms with E-state index in [2.05, 4.69) is 41.0 Å². The summed E-state index contributed by atoms with van der Waals surface area (Å²) in [6, 6.07) is 2.76. The highest BCUT2D eigenvalue weighted by atomic mass is 15.3. The minimum absolute atomic E-state index is 0.566. The van der Waals surface area contributed by atoms with E-state index in [-0.39, 0.29) is 0 Å². The maximum atomic E-state index is 4.77. The van der Waals surface area contributed by atoms with Crippen molar-refractivity contribution < 1.29 is 0 Å². The van der Waals surface area contributed by atoms with Gasteiger partial charge in [0.15, 0.2) is 0 Å². The van der Waals surface area contributed by atoms with Gasteiger partial charge in [-0.3, -0.25) is 9.58 Å². The lowest BCUT2D eigenvalue weighted by Crippen LogP contribution is -2.25. The molecule has 2 atom stereocenters. The second kappa shape index (κ2) is 5.63. The highest BCUT2D eigenvalue weighted by molar-refractivity contribution is 5.02. The van der Waals surface area contributed by atoms with Gasteiger partial charge in [-0.05, 0) is 43.8 Å². The fourth-order valence-electron chi connectivity index (χ4n) is 3.64. The van der Waals surface area contributed by atoms with Gasteiger partial charge in [-0.2, -0.15) is 5.10 Å². The fourth-order valence-corrected chi connectivity index (χ4v) is 3.64. The van der Waals surface area contributed by atoms with Crippen LogP contribution in [0.2, 0.25) is 0 Å². The summed E-state index contributed by atoms with van der Waals surface area (Å²) in [5.41, 5.74) is 1.24. The van der Waals surface area contributed by atoms with Gasteiger partial charge in [-0.1, -0.05) is 13.8 Å². The molecule has 1 aromatic heterocycles. The van der Waals surface area contributed by atoms with Crippen LogP contribution in [0.3, 0.4) is 0 Å². The molecule has 19 heavy (non-hydrogen) atoms. The number of nitrogens with one attached hydrogen (secondary N) is 1. The molecule has 3 rings (SSSR count). The van der Waals surface area contributed by atoms with E-state index in [1.165, 1.54) is 31.9 Å². The zero-order valence-corrected chi connectivity index (χ0v) is 12.2. The Kier molecular flexibility index (Phi) is 3.89. The zero-order valence-electron chi connectivity index (χ0n) is 12.2. The van der Waals surface area contributed by atoms with E-state index >= 15 is 0 Å². The Bertz CT molecular complexity index is 398. The van der Waals surface area contributed by atoms with Crippen molar-refractivity contribution in [2.45, 2.75) is 39.3 Å². The molecule has 0 saturated carbocycles. The van der Waals surface area contributed by atoms with Gasteiger partial charge in [0.2, 0.25) is 0 Å². The number of fused-ring (bicyclic) bond motifs is 1. The Morgan fingerprint density at radius 3 is 2.58 bits per heavy atom. The van der Waals surface area contributed by atoms with Crippen molar-refractivity contribution in [3.8, 4) is 0 Å². The number of hydrogen-bond acceptors (Lipinski definition) is 3. The minimum Gasteiger partial charge on any atom is -0.316 e. The predicted molar refractivity (Wildman–Crippen MR) is 77.0 cm³/mol. The molecular weight excluding hydrogens is 236 g/mol. The molecule has 2 aliphatic rings. The Morgan fingerprint density at radius 1 is 1.26 bits per heavy atom. The molecule has 0 bridgehead atoms. The van der Waals surface area contributed by atoms with Crippen LogP contribution in [0.25, 0.3) is 0 Å². The second-order valence-electron chi connectivity index (χ2n) is 6.13. The first-order valence-electron chi connectivity index (χ1n) is 7.77. The van der Waals surface area contributed by atoms with E-state index in [4.69, 9.17) is 5.10 Å². The molecule has 1 N–H and O–H groups in total. The Morgan fingerprint density at radius 2 is 1.95 bits per heavy atom. The van der Waals surface area contributed by atoms with E-state index in [0.717, 1.165) is 31.2 Å². The SMILES string of the molecule is CCC(CC)n1ccc(CN2C[C@H]3CNC[C@H]3C2)n1. The van der Waals surface area contributed by atoms with Crippen molar-refractivity contribution in [3.63, 3.8) is 0 Å². The average Bonchev–Trinajstić information content (AvgIpc) is 3.07. The first-order valence-corrected chi connectivity index (χ1v) is 7.77. The lowest BCUT2D eigenvalue weighted by molar-refractivity contribution is 0.299. The van der Waals surface area contributed by atoms with Crippen LogP contribution in [0.15, 0.2) is 12.3 Å². The molecular formula is C15H26N4. The van der Waals surface area contributed by atoms with Crippen LogP contribution in [0.5, 0.6) is 0 Å². The normalized spacial score (nSPS) is 27.3. The molecule has 0 aliphatic carbocycles. The summed E-state index contributed by atoms with van der Waals surface area (Å²) in [5, 5.41) is 8.27. The van der Waals surface area contributed by atoms with Crippen LogP contribution in [0.1, 0.15) is 38.4 Å². The summed E-state index contributed by atoms with van der Waals surface area (Å²) >= 11 is 0. The van der Waals surface area contributed by atoms with Crippen molar-refractivity contribution in [1.82, 2.24) is 20.0 Å². The number of likely N-dealkylation sites (tertiary alicyclic amines) is 1. The second-order valence-corrected chi connectivity index (χ2v) is 6.13. The van der Waals surface area contributed by atoms with Crippen molar-refractivity contribution in [1.29, 1.82) is 0 Å². The largest absolute Gasteiger partial charge is 0.316 e. The van der Waals surface area contributed by atoms with Gasteiger partial charge in [0, 0.05) is 25.8 Å². The summed E-state index contributed by atoms with van der Waals surface area (Å²) in [7, 11) is 0. The lowest BCUT2D eigenvalue weighted by Gasteiger charge is -2.16. The van der Waals surface area contributed by atoms with Gasteiger partial charge in [-0.25, -0.2) is 0 Å². The van der Waals surface area contributed by atoms with Crippen LogP contribution < -0.4 is 5.32 Å². The van der Waals surface area contributed by atoms with E-state index < -0.39 is 0 Å². The summed E-state index contributed by atoms with van der Waals surface area (Å²) in [4.78, 5) is 2.58. The molecule has 3 heterocycles. The molecule has 0 spiro atoms. The molecule has 4 nitrogen and oxygen atoms in total. The van der Waals surface area contributed by atoms with Crippen LogP contribution in [0.4, 0.5) is 0 Å². The number of aromatic nitrogens is 2. The third-order valence-electron chi connectivity index (χ3n) is 4.83. The van der Waals surface area contributed by atoms with Crippen molar-refractivity contribution in [3.05, 3.63) is 18.0 Å². The lowest BCUT2D eigenvalue weighted by atomic mass is 10.0. The van der Waals surface area contributed by atoms with Crippen molar-refractivity contribution in [2.75, 3.05) is 26.2 Å². The third kappa shape index (κ3) is 2.70. The molecule has 2 fully saturated rings. The van der Waals surface area contributed by atoms with Gasteiger partial charge in [0.25, 0.3) is 0 Å². The minimum atomic E-state index is 0.566. The van der Waals surface area contributed by atoms with Crippen molar-refractivity contribution >= 4 is 0 Å². The molecule has 0 unspecified atom stereocenters. The van der Waals surface area contributed by atoms with Gasteiger partial charge in [0.05, 0.1) is 11.7 Å². The van der Waals surface area contributed by atoms with Gasteiger partial charge >= 0.3 is 0 Å². The van der Waals surface area contributed by atoms with Crippen LogP contribution in [-0.4, -0.2) is 40.9 Å². The predicted octanol–water partition coefficient (Wildman–Crippen LogP) is 1.90. The molecule has 4 heteroatoms. The smallest absolute Gasteiger partial charge is 0.0764 e. The first-order chi connectivity index (χ1) is 9.30. The molecule has 2 saturated heterocycles. The summed E-state index contributed by atoms with van der Waals surface area (Å²) in [5.74, 6) is 1.75. The van der Waals surface area contributed by atoms with Gasteiger partial charge in [-0.15, -0.1) is 0 Å². The monoisotopic (exact) mass is 262 g/mol. The third-order valence-corrected chi connectivity index (χ3v) is 4.83. The number of rotatable bonds is 5. The zero-order chi connectivity index (χ0) is 13.2. The summed E-state index contributed by atoms with van der Waals surface area (Å²) in [6.45, 7) is 10.4. The standard InChI is InChI=1S/C15H26N4/c1-3-15(4-2)19-6-5-14(17-19)11-18-9-12-7-16-8-13(12)10-18/h5-6,12-13,15-16H,3-4,7-11H2,1-2H3/t12-,13+. The maximum Gasteiger partial charge on any atom is 0.0764 e. The molecule has 106 valence electrons. The van der Waals surface area contributed by atoms with Crippen LogP contribution in [-0.2, 0) is 6.54 Å². The Hall–Kier alpha value is -0.870. The van der Waals surface area contributed by atoms with Crippen LogP contribution >= 0.6 is 0 Å². The van der Waals surface area contributed by atoms with E-state index in [0.29, 0.717) is 6.04 Å². The topological polar surface area (TPSA) is 33.1 Å². The average molecular weight is 262 g/mol. The van der Waals surface area contributed by atoms with Gasteiger partial charge in [0.1, 0.15) is 0 Å². The first kappa shape index (κ1) is 13.1. The van der Waals surface area contributed by atoms with E-state index in [1.54, 1.807) is 0 Å². The molecule has 0 aromatic carbocycles. The highest BCUT2D eigenvalue weighted by Crippen LogP contribution is 2.27. The van der Waals surface area contributed by atoms with Gasteiger partial charge < -0.3 is 5.32 Å². The van der Waals surface area contributed by atoms with E-state index in [9.17, 15) is 0 Å². The number of nitrogens with zero attached hydrogens (tertiary/aromatic N) is 3. The van der Waals surface area contributed by atoms with Crippen molar-refractivity contribution in [2.24, 2.45) is 11.8 Å². The quantitative estimate of drug-likeness (QED) is 0.880. The molecule has 0 radical (unpaired) electrons. The highest BCUT2D eigenvalue weighted by Gasteiger charge is 2.35. The van der Waals surface area contributed by atoms with Crippen LogP contribution in [0, 0.1) is 11.8 Å². The molecule has 1 aromatic rings. The molecule has 0 amide bonds. The van der Waals surface area contributed by atoms with E-state index in [1.807, 2.05) is 0 Å². The Balaban J connectivity index is 1.58. The Labute approximate surface area is 116 Å². The maximum absolute atomic E-state index is 4.77. The summed E-state index contributed by atoms with van der Waals surface area (Å²) in [6.07, 6.45) is 4.49. The summed E-state index contributed by atoms with van der Waals surface area (Å²) < 4.78 is 2.16.